The molecule has 0 saturated carbocycles. The van der Waals surface area contributed by atoms with Crippen LogP contribution in [0.2, 0.25) is 0 Å². The summed E-state index contributed by atoms with van der Waals surface area (Å²) in [5.74, 6) is -1.52. The topological polar surface area (TPSA) is 95.9 Å². The van der Waals surface area contributed by atoms with E-state index in [0.717, 1.165) is 31.2 Å². The van der Waals surface area contributed by atoms with E-state index in [1.165, 1.54) is 0 Å². The van der Waals surface area contributed by atoms with Crippen LogP contribution in [0, 0.1) is 17.3 Å². The molecule has 1 aromatic carbocycles. The Hall–Kier alpha value is -2.93. The minimum Gasteiger partial charge on any atom is -0.463 e. The lowest BCUT2D eigenvalue weighted by Gasteiger charge is -2.33. The molecular formula is C32H48N2O5. The fourth-order valence-electron chi connectivity index (χ4n) is 4.96. The first-order valence-corrected chi connectivity index (χ1v) is 14.2. The number of aliphatic hydroxyl groups excluding tert-OH is 1. The van der Waals surface area contributed by atoms with Crippen LogP contribution in [0.1, 0.15) is 71.3 Å². The third kappa shape index (κ3) is 10.6. The number of carbonyl (C=O) groups is 3. The maximum atomic E-state index is 13.4. The quantitative estimate of drug-likeness (QED) is 0.178. The highest BCUT2D eigenvalue weighted by Crippen LogP contribution is 2.24. The number of ether oxygens (including phenoxy) is 1. The average Bonchev–Trinajstić information content (AvgIpc) is 3.39. The van der Waals surface area contributed by atoms with Gasteiger partial charge in [-0.05, 0) is 55.9 Å². The normalized spacial score (nSPS) is 17.6. The summed E-state index contributed by atoms with van der Waals surface area (Å²) >= 11 is 0. The molecule has 0 radical (unpaired) electrons. The van der Waals surface area contributed by atoms with Crippen molar-refractivity contribution in [1.82, 2.24) is 10.2 Å². The molecule has 1 saturated heterocycles. The van der Waals surface area contributed by atoms with Crippen molar-refractivity contribution < 1.29 is 24.2 Å². The van der Waals surface area contributed by atoms with Crippen LogP contribution in [0.4, 0.5) is 0 Å². The van der Waals surface area contributed by atoms with Crippen LogP contribution in [0.25, 0.3) is 0 Å². The predicted octanol–water partition coefficient (Wildman–Crippen LogP) is 4.84. The van der Waals surface area contributed by atoms with Gasteiger partial charge in [0.2, 0.25) is 11.8 Å². The van der Waals surface area contributed by atoms with Gasteiger partial charge in [-0.15, -0.1) is 13.2 Å². The van der Waals surface area contributed by atoms with E-state index in [4.69, 9.17) is 4.74 Å². The molecule has 2 N–H and O–H groups in total. The minimum atomic E-state index is -0.583. The number of esters is 1. The Labute approximate surface area is 234 Å². The molecule has 4 atom stereocenters. The van der Waals surface area contributed by atoms with Crippen LogP contribution in [0.3, 0.4) is 0 Å². The van der Waals surface area contributed by atoms with Crippen LogP contribution in [0.5, 0.6) is 0 Å². The highest BCUT2D eigenvalue weighted by Gasteiger charge is 2.34. The van der Waals surface area contributed by atoms with Crippen molar-refractivity contribution in [2.24, 2.45) is 17.3 Å². The summed E-state index contributed by atoms with van der Waals surface area (Å²) in [5, 5.41) is 12.7. The molecule has 1 heterocycles. The van der Waals surface area contributed by atoms with Crippen LogP contribution in [-0.4, -0.2) is 59.6 Å². The molecule has 1 aliphatic rings. The number of likely N-dealkylation sites (tertiary alicyclic amines) is 1. The lowest BCUT2D eigenvalue weighted by molar-refractivity contribution is -0.151. The molecular weight excluding hydrogens is 492 g/mol. The first-order chi connectivity index (χ1) is 18.6. The monoisotopic (exact) mass is 540 g/mol. The van der Waals surface area contributed by atoms with E-state index in [2.05, 4.69) is 18.5 Å². The molecule has 0 bridgehead atoms. The number of rotatable bonds is 16. The van der Waals surface area contributed by atoms with Gasteiger partial charge < -0.3 is 20.1 Å². The third-order valence-corrected chi connectivity index (χ3v) is 7.52. The lowest BCUT2D eigenvalue weighted by atomic mass is 9.86. The number of hydrogen-bond acceptors (Lipinski definition) is 5. The minimum absolute atomic E-state index is 0.0491. The molecule has 4 unspecified atom stereocenters. The maximum Gasteiger partial charge on any atom is 0.309 e. The second kappa shape index (κ2) is 16.2. The van der Waals surface area contributed by atoms with Crippen LogP contribution in [-0.2, 0) is 25.5 Å². The summed E-state index contributed by atoms with van der Waals surface area (Å²) in [6.07, 6.45) is 8.51. The van der Waals surface area contributed by atoms with Crippen LogP contribution >= 0.6 is 0 Å². The number of nitrogens with zero attached hydrogens (tertiary/aromatic N) is 1. The van der Waals surface area contributed by atoms with Crippen molar-refractivity contribution in [3.8, 4) is 0 Å². The van der Waals surface area contributed by atoms with Gasteiger partial charge in [-0.3, -0.25) is 14.4 Å². The zero-order valence-corrected chi connectivity index (χ0v) is 24.1. The number of hydrogen-bond donors (Lipinski definition) is 2. The lowest BCUT2D eigenvalue weighted by Crippen LogP contribution is -2.50. The van der Waals surface area contributed by atoms with Gasteiger partial charge in [-0.1, -0.05) is 63.3 Å². The van der Waals surface area contributed by atoms with Crippen molar-refractivity contribution in [2.75, 3.05) is 19.8 Å². The maximum absolute atomic E-state index is 13.4. The van der Waals surface area contributed by atoms with E-state index in [0.29, 0.717) is 25.8 Å². The smallest absolute Gasteiger partial charge is 0.309 e. The Morgan fingerprint density at radius 1 is 1.15 bits per heavy atom. The zero-order chi connectivity index (χ0) is 28.8. The fraction of sp³-hybridized carbons (Fsp3) is 0.594. The highest BCUT2D eigenvalue weighted by molar-refractivity contribution is 5.86. The number of allylic oxidation sites excluding steroid dienone is 2. The Morgan fingerprint density at radius 2 is 1.87 bits per heavy atom. The number of carbonyl (C=O) groups excluding carboxylic acids is 3. The first-order valence-electron chi connectivity index (χ1n) is 14.2. The molecule has 0 spiro atoms. The Balaban J connectivity index is 2.05. The molecule has 39 heavy (non-hydrogen) atoms. The van der Waals surface area contributed by atoms with Gasteiger partial charge in [0.25, 0.3) is 0 Å². The molecule has 1 aliphatic heterocycles. The summed E-state index contributed by atoms with van der Waals surface area (Å²) in [7, 11) is 0. The second-order valence-corrected chi connectivity index (χ2v) is 11.7. The Morgan fingerprint density at radius 3 is 2.49 bits per heavy atom. The number of unbranched alkanes of at least 4 members (excludes halogenated alkanes) is 1. The van der Waals surface area contributed by atoms with Crippen LogP contribution in [0.15, 0.2) is 55.6 Å². The largest absolute Gasteiger partial charge is 0.463 e. The van der Waals surface area contributed by atoms with E-state index in [9.17, 15) is 19.5 Å². The molecule has 2 amide bonds. The van der Waals surface area contributed by atoms with Crippen molar-refractivity contribution >= 4 is 17.8 Å². The van der Waals surface area contributed by atoms with E-state index in [1.807, 2.05) is 57.2 Å². The van der Waals surface area contributed by atoms with Gasteiger partial charge in [-0.2, -0.15) is 0 Å². The Bertz CT molecular complexity index is 940. The van der Waals surface area contributed by atoms with Gasteiger partial charge >= 0.3 is 5.97 Å². The van der Waals surface area contributed by atoms with E-state index in [1.54, 1.807) is 11.0 Å². The van der Waals surface area contributed by atoms with Crippen molar-refractivity contribution in [3.05, 3.63) is 61.2 Å². The van der Waals surface area contributed by atoms with Crippen molar-refractivity contribution in [2.45, 2.75) is 84.2 Å². The van der Waals surface area contributed by atoms with Gasteiger partial charge in [0.15, 0.2) is 0 Å². The summed E-state index contributed by atoms with van der Waals surface area (Å²) in [5.41, 5.74) is 0.699. The fourth-order valence-corrected chi connectivity index (χ4v) is 4.96. The SMILES string of the molecule is C=CCCCC(Cc1ccccc1)C(=O)OCC(NC(=O)C(CC=C)CC(=O)N1CCCC1CO)C(C)(C)C. The summed E-state index contributed by atoms with van der Waals surface area (Å²) < 4.78 is 5.82. The molecule has 7 heteroatoms. The molecule has 1 aromatic rings. The summed E-state index contributed by atoms with van der Waals surface area (Å²) in [6.45, 7) is 14.1. The van der Waals surface area contributed by atoms with Gasteiger partial charge in [0.1, 0.15) is 6.61 Å². The van der Waals surface area contributed by atoms with Crippen molar-refractivity contribution in [1.29, 1.82) is 0 Å². The number of aliphatic hydroxyl groups is 1. The van der Waals surface area contributed by atoms with E-state index in [-0.39, 0.29) is 54.8 Å². The summed E-state index contributed by atoms with van der Waals surface area (Å²) in [4.78, 5) is 41.2. The second-order valence-electron chi connectivity index (χ2n) is 11.7. The predicted molar refractivity (Wildman–Crippen MR) is 155 cm³/mol. The first kappa shape index (κ1) is 32.3. The van der Waals surface area contributed by atoms with Gasteiger partial charge in [0, 0.05) is 13.0 Å². The van der Waals surface area contributed by atoms with Gasteiger partial charge in [-0.25, -0.2) is 0 Å². The molecule has 2 rings (SSSR count). The summed E-state index contributed by atoms with van der Waals surface area (Å²) in [6, 6.07) is 9.29. The van der Waals surface area contributed by atoms with Crippen molar-refractivity contribution in [3.63, 3.8) is 0 Å². The van der Waals surface area contributed by atoms with Gasteiger partial charge in [0.05, 0.1) is 30.5 Å². The number of amides is 2. The average molecular weight is 541 g/mol. The van der Waals surface area contributed by atoms with E-state index < -0.39 is 12.0 Å². The third-order valence-electron chi connectivity index (χ3n) is 7.52. The molecule has 7 nitrogen and oxygen atoms in total. The van der Waals surface area contributed by atoms with Crippen LogP contribution < -0.4 is 5.32 Å². The number of benzene rings is 1. The highest BCUT2D eigenvalue weighted by atomic mass is 16.5. The zero-order valence-electron chi connectivity index (χ0n) is 24.1. The number of nitrogens with one attached hydrogen (secondary N) is 1. The standard InChI is InChI=1S/C32H48N2O5/c1-6-8-10-17-26(20-24-15-11-9-12-16-24)31(38)39-23-28(32(3,4)5)33-30(37)25(14-7-2)21-29(36)34-19-13-18-27(34)22-35/h6-7,9,11-12,15-16,25-28,35H,1-2,8,10,13-14,17-23H2,3-5H3,(H,33,37). The molecule has 0 aliphatic carbocycles. The molecule has 0 aromatic heterocycles. The van der Waals surface area contributed by atoms with E-state index >= 15 is 0 Å². The molecule has 1 fully saturated rings. The molecule has 216 valence electrons. The Kier molecular flexibility index (Phi) is 13.4.